The summed E-state index contributed by atoms with van der Waals surface area (Å²) in [6.07, 6.45) is -4.93. The molecule has 3 rings (SSSR count). The van der Waals surface area contributed by atoms with E-state index in [1.807, 2.05) is 24.3 Å². The molecule has 0 spiro atoms. The van der Waals surface area contributed by atoms with Gasteiger partial charge in [-0.3, -0.25) is 4.79 Å². The highest BCUT2D eigenvalue weighted by Crippen LogP contribution is 2.29. The highest BCUT2D eigenvalue weighted by Gasteiger charge is 2.41. The third-order valence-electron chi connectivity index (χ3n) is 3.38. The maximum Gasteiger partial charge on any atom is 0.471 e. The van der Waals surface area contributed by atoms with Gasteiger partial charge < -0.3 is 9.32 Å². The lowest BCUT2D eigenvalue weighted by Gasteiger charge is -2.18. The predicted molar refractivity (Wildman–Crippen MR) is 91.6 cm³/mol. The average Bonchev–Trinajstić information content (AvgIpc) is 2.95. The second-order valence-corrected chi connectivity index (χ2v) is 6.29. The Hall–Kier alpha value is -2.10. The van der Waals surface area contributed by atoms with Gasteiger partial charge in [-0.15, -0.1) is 0 Å². The van der Waals surface area contributed by atoms with Crippen LogP contribution in [-0.2, 0) is 4.79 Å². The molecular formula is C16H10F3IN2O2. The minimum atomic E-state index is -4.93. The summed E-state index contributed by atoms with van der Waals surface area (Å²) in [5.74, 6) is -1.58. The molecule has 1 heterocycles. The van der Waals surface area contributed by atoms with Gasteiger partial charge >= 0.3 is 12.1 Å². The molecular weight excluding hydrogens is 436 g/mol. The Morgan fingerprint density at radius 3 is 2.62 bits per heavy atom. The minimum absolute atomic E-state index is 0.0901. The van der Waals surface area contributed by atoms with Crippen LogP contribution in [0.5, 0.6) is 0 Å². The first-order valence-corrected chi connectivity index (χ1v) is 7.85. The normalized spacial score (nSPS) is 11.7. The number of carbonyl (C=O) groups is 1. The highest BCUT2D eigenvalue weighted by molar-refractivity contribution is 14.1. The number of carbonyl (C=O) groups excluding carboxylic acids is 1. The lowest BCUT2D eigenvalue weighted by molar-refractivity contribution is -0.170. The average molecular weight is 446 g/mol. The summed E-state index contributed by atoms with van der Waals surface area (Å²) in [7, 11) is 1.07. The summed E-state index contributed by atoms with van der Waals surface area (Å²) in [6, 6.07) is 11.7. The molecule has 1 aromatic heterocycles. The van der Waals surface area contributed by atoms with Crippen LogP contribution in [0.1, 0.15) is 0 Å². The van der Waals surface area contributed by atoms with Crippen LogP contribution in [0.4, 0.5) is 18.9 Å². The van der Waals surface area contributed by atoms with Crippen LogP contribution in [-0.4, -0.2) is 24.1 Å². The first kappa shape index (κ1) is 16.7. The van der Waals surface area contributed by atoms with E-state index in [0.29, 0.717) is 21.9 Å². The minimum Gasteiger partial charge on any atom is -0.436 e. The molecule has 2 aromatic carbocycles. The van der Waals surface area contributed by atoms with Crippen molar-refractivity contribution in [1.29, 1.82) is 0 Å². The molecule has 124 valence electrons. The maximum absolute atomic E-state index is 12.5. The van der Waals surface area contributed by atoms with Gasteiger partial charge in [-0.1, -0.05) is 6.07 Å². The van der Waals surface area contributed by atoms with E-state index in [0.717, 1.165) is 16.2 Å². The van der Waals surface area contributed by atoms with Crippen LogP contribution in [0.25, 0.3) is 22.6 Å². The Kier molecular flexibility index (Phi) is 4.24. The fourth-order valence-corrected chi connectivity index (χ4v) is 2.72. The zero-order chi connectivity index (χ0) is 17.5. The van der Waals surface area contributed by atoms with Crippen LogP contribution in [0, 0.1) is 3.57 Å². The maximum atomic E-state index is 12.5. The smallest absolute Gasteiger partial charge is 0.436 e. The standard InChI is InChI=1S/C16H10F3IN2O2/c1-22(15(23)16(17,18)19)11-5-6-13-12(8-11)21-14(24-13)9-3-2-4-10(20)7-9/h2-8H,1H3. The van der Waals surface area contributed by atoms with Crippen LogP contribution >= 0.6 is 22.6 Å². The number of oxazole rings is 1. The molecule has 0 N–H and O–H groups in total. The van der Waals surface area contributed by atoms with Gasteiger partial charge in [0, 0.05) is 21.9 Å². The van der Waals surface area contributed by atoms with Crippen molar-refractivity contribution in [3.63, 3.8) is 0 Å². The molecule has 0 saturated heterocycles. The zero-order valence-electron chi connectivity index (χ0n) is 12.3. The van der Waals surface area contributed by atoms with Crippen molar-refractivity contribution in [3.05, 3.63) is 46.0 Å². The molecule has 0 saturated carbocycles. The highest BCUT2D eigenvalue weighted by atomic mass is 127. The lowest BCUT2D eigenvalue weighted by atomic mass is 10.2. The van der Waals surface area contributed by atoms with Crippen LogP contribution < -0.4 is 4.90 Å². The number of hydrogen-bond acceptors (Lipinski definition) is 3. The van der Waals surface area contributed by atoms with Crippen LogP contribution in [0.15, 0.2) is 46.9 Å². The van der Waals surface area contributed by atoms with Crippen LogP contribution in [0.3, 0.4) is 0 Å². The number of halogens is 4. The van der Waals surface area contributed by atoms with E-state index in [1.54, 1.807) is 0 Å². The summed E-state index contributed by atoms with van der Waals surface area (Å²) in [5, 5.41) is 0. The monoisotopic (exact) mass is 446 g/mol. The molecule has 3 aromatic rings. The second-order valence-electron chi connectivity index (χ2n) is 5.04. The van der Waals surface area contributed by atoms with Crippen molar-refractivity contribution >= 4 is 45.3 Å². The van der Waals surface area contributed by atoms with Crippen LogP contribution in [0.2, 0.25) is 0 Å². The molecule has 8 heteroatoms. The molecule has 24 heavy (non-hydrogen) atoms. The Labute approximate surface area is 148 Å². The largest absolute Gasteiger partial charge is 0.471 e. The lowest BCUT2D eigenvalue weighted by Crippen LogP contribution is -2.38. The molecule has 0 aliphatic heterocycles. The first-order chi connectivity index (χ1) is 11.3. The van der Waals surface area contributed by atoms with Gasteiger partial charge in [0.15, 0.2) is 5.58 Å². The Bertz CT molecular complexity index is 921. The number of hydrogen-bond donors (Lipinski definition) is 0. The van der Waals surface area contributed by atoms with Gasteiger partial charge in [0.1, 0.15) is 5.52 Å². The fraction of sp³-hybridized carbons (Fsp3) is 0.125. The summed E-state index contributed by atoms with van der Waals surface area (Å²) in [5.41, 5.74) is 1.66. The summed E-state index contributed by atoms with van der Waals surface area (Å²) in [4.78, 5) is 16.2. The molecule has 0 radical (unpaired) electrons. The Morgan fingerprint density at radius 2 is 1.96 bits per heavy atom. The summed E-state index contributed by atoms with van der Waals surface area (Å²) < 4.78 is 44.2. The van der Waals surface area contributed by atoms with Gasteiger partial charge in [0.05, 0.1) is 0 Å². The topological polar surface area (TPSA) is 46.3 Å². The van der Waals surface area contributed by atoms with Crippen molar-refractivity contribution in [2.24, 2.45) is 0 Å². The predicted octanol–water partition coefficient (Wildman–Crippen LogP) is 4.62. The molecule has 0 atom stereocenters. The van der Waals surface area contributed by atoms with Gasteiger partial charge in [-0.25, -0.2) is 4.98 Å². The molecule has 0 bridgehead atoms. The molecule has 1 amide bonds. The van der Waals surface area contributed by atoms with E-state index in [-0.39, 0.29) is 5.69 Å². The molecule has 4 nitrogen and oxygen atoms in total. The molecule has 0 fully saturated rings. The number of rotatable bonds is 2. The number of anilines is 1. The van der Waals surface area contributed by atoms with E-state index < -0.39 is 12.1 Å². The molecule has 0 unspecified atom stereocenters. The second kappa shape index (κ2) is 6.08. The van der Waals surface area contributed by atoms with E-state index in [9.17, 15) is 18.0 Å². The van der Waals surface area contributed by atoms with Crippen molar-refractivity contribution in [3.8, 4) is 11.5 Å². The number of benzene rings is 2. The van der Waals surface area contributed by atoms with Gasteiger partial charge in [0.25, 0.3) is 0 Å². The fourth-order valence-electron chi connectivity index (χ4n) is 2.18. The van der Waals surface area contributed by atoms with Crippen molar-refractivity contribution in [2.45, 2.75) is 6.18 Å². The quantitative estimate of drug-likeness (QED) is 0.540. The third kappa shape index (κ3) is 3.23. The van der Waals surface area contributed by atoms with E-state index >= 15 is 0 Å². The van der Waals surface area contributed by atoms with Crippen molar-refractivity contribution in [1.82, 2.24) is 4.98 Å². The van der Waals surface area contributed by atoms with E-state index in [4.69, 9.17) is 4.42 Å². The number of alkyl halides is 3. The Balaban J connectivity index is 1.99. The molecule has 0 aliphatic rings. The number of nitrogens with zero attached hydrogens (tertiary/aromatic N) is 2. The van der Waals surface area contributed by atoms with E-state index in [1.165, 1.54) is 18.2 Å². The SMILES string of the molecule is CN(C(=O)C(F)(F)F)c1ccc2oc(-c3cccc(I)c3)nc2c1. The number of aromatic nitrogens is 1. The van der Waals surface area contributed by atoms with Gasteiger partial charge in [-0.2, -0.15) is 13.2 Å². The molecule has 0 aliphatic carbocycles. The Morgan fingerprint density at radius 1 is 1.21 bits per heavy atom. The summed E-state index contributed by atoms with van der Waals surface area (Å²) >= 11 is 2.16. The first-order valence-electron chi connectivity index (χ1n) is 6.77. The van der Waals surface area contributed by atoms with Gasteiger partial charge in [-0.05, 0) is 59.0 Å². The number of fused-ring (bicyclic) bond motifs is 1. The number of amides is 1. The van der Waals surface area contributed by atoms with E-state index in [2.05, 4.69) is 27.6 Å². The van der Waals surface area contributed by atoms with Crippen molar-refractivity contribution in [2.75, 3.05) is 11.9 Å². The van der Waals surface area contributed by atoms with Gasteiger partial charge in [0.2, 0.25) is 5.89 Å². The van der Waals surface area contributed by atoms with Crippen molar-refractivity contribution < 1.29 is 22.4 Å². The third-order valence-corrected chi connectivity index (χ3v) is 4.05. The summed E-state index contributed by atoms with van der Waals surface area (Å²) in [6.45, 7) is 0. The zero-order valence-corrected chi connectivity index (χ0v) is 14.4.